The number of hydrogen-bond donors (Lipinski definition) is 3. The lowest BCUT2D eigenvalue weighted by atomic mass is 10.2. The summed E-state index contributed by atoms with van der Waals surface area (Å²) in [4.78, 5) is 27.4. The van der Waals surface area contributed by atoms with Crippen LogP contribution in [0.25, 0.3) is 11.5 Å². The average molecular weight is 420 g/mol. The molecule has 0 aliphatic heterocycles. The van der Waals surface area contributed by atoms with Gasteiger partial charge in [-0.05, 0) is 30.3 Å². The molecule has 0 radical (unpaired) electrons. The standard InChI is InChI=1S/C19H15Cl2N3O4/c20-11-5-6-15(21)14(7-11)18-23-9-12(28-18)8-22-10-17(25)24-16-4-2-1-3-13(16)19(26)27/h1-7,9,22H,8,10H2,(H,24,25)(H,26,27). The second kappa shape index (κ2) is 8.88. The molecular formula is C19H15Cl2N3O4. The molecule has 0 saturated heterocycles. The number of amides is 1. The molecule has 7 nitrogen and oxygen atoms in total. The van der Waals surface area contributed by atoms with E-state index in [9.17, 15) is 9.59 Å². The molecule has 28 heavy (non-hydrogen) atoms. The summed E-state index contributed by atoms with van der Waals surface area (Å²) in [5.74, 6) is -0.669. The van der Waals surface area contributed by atoms with Crippen molar-refractivity contribution in [3.05, 3.63) is 70.0 Å². The molecule has 0 bridgehead atoms. The molecule has 3 N–H and O–H groups in total. The minimum atomic E-state index is -1.11. The van der Waals surface area contributed by atoms with Crippen LogP contribution in [0.1, 0.15) is 16.1 Å². The molecule has 1 aromatic heterocycles. The van der Waals surface area contributed by atoms with Crippen LogP contribution < -0.4 is 10.6 Å². The molecule has 0 aliphatic carbocycles. The van der Waals surface area contributed by atoms with Crippen LogP contribution in [-0.4, -0.2) is 28.5 Å². The fourth-order valence-corrected chi connectivity index (χ4v) is 2.82. The van der Waals surface area contributed by atoms with Gasteiger partial charge in [-0.15, -0.1) is 0 Å². The second-order valence-electron chi connectivity index (χ2n) is 5.76. The van der Waals surface area contributed by atoms with Gasteiger partial charge in [0.25, 0.3) is 0 Å². The number of nitrogens with zero attached hydrogens (tertiary/aromatic N) is 1. The van der Waals surface area contributed by atoms with E-state index < -0.39 is 5.97 Å². The molecule has 9 heteroatoms. The van der Waals surface area contributed by atoms with Crippen LogP contribution in [0.5, 0.6) is 0 Å². The minimum Gasteiger partial charge on any atom is -0.478 e. The number of benzene rings is 2. The Hall–Kier alpha value is -2.87. The summed E-state index contributed by atoms with van der Waals surface area (Å²) in [6.07, 6.45) is 1.53. The van der Waals surface area contributed by atoms with E-state index in [1.54, 1.807) is 30.3 Å². The van der Waals surface area contributed by atoms with E-state index in [0.717, 1.165) is 0 Å². The van der Waals surface area contributed by atoms with Crippen LogP contribution in [0.15, 0.2) is 53.1 Å². The van der Waals surface area contributed by atoms with Gasteiger partial charge < -0.3 is 20.2 Å². The molecule has 1 heterocycles. The molecule has 2 aromatic carbocycles. The fourth-order valence-electron chi connectivity index (χ4n) is 2.45. The summed E-state index contributed by atoms with van der Waals surface area (Å²) < 4.78 is 5.63. The zero-order chi connectivity index (χ0) is 20.1. The predicted octanol–water partition coefficient (Wildman–Crippen LogP) is 4.07. The van der Waals surface area contributed by atoms with Crippen LogP contribution >= 0.6 is 23.2 Å². The average Bonchev–Trinajstić information content (AvgIpc) is 3.12. The first-order valence-electron chi connectivity index (χ1n) is 8.17. The molecule has 0 unspecified atom stereocenters. The van der Waals surface area contributed by atoms with Crippen molar-refractivity contribution >= 4 is 40.8 Å². The Morgan fingerprint density at radius 2 is 1.93 bits per heavy atom. The van der Waals surface area contributed by atoms with E-state index in [1.807, 2.05) is 0 Å². The van der Waals surface area contributed by atoms with Gasteiger partial charge in [0.2, 0.25) is 11.8 Å². The third-order valence-electron chi connectivity index (χ3n) is 3.73. The fraction of sp³-hybridized carbons (Fsp3) is 0.105. The van der Waals surface area contributed by atoms with E-state index in [-0.39, 0.29) is 30.2 Å². The molecule has 0 atom stereocenters. The van der Waals surface area contributed by atoms with Crippen LogP contribution in [-0.2, 0) is 11.3 Å². The zero-order valence-electron chi connectivity index (χ0n) is 14.4. The predicted molar refractivity (Wildman–Crippen MR) is 106 cm³/mol. The van der Waals surface area contributed by atoms with E-state index in [4.69, 9.17) is 32.7 Å². The van der Waals surface area contributed by atoms with E-state index in [2.05, 4.69) is 15.6 Å². The number of aromatic nitrogens is 1. The van der Waals surface area contributed by atoms with E-state index in [0.29, 0.717) is 27.3 Å². The third-order valence-corrected chi connectivity index (χ3v) is 4.29. The molecule has 0 aliphatic rings. The highest BCUT2D eigenvalue weighted by atomic mass is 35.5. The number of hydrogen-bond acceptors (Lipinski definition) is 5. The number of oxazole rings is 1. The monoisotopic (exact) mass is 419 g/mol. The largest absolute Gasteiger partial charge is 0.478 e. The quantitative estimate of drug-likeness (QED) is 0.532. The Kier molecular flexibility index (Phi) is 6.30. The lowest BCUT2D eigenvalue weighted by Gasteiger charge is -2.08. The van der Waals surface area contributed by atoms with E-state index in [1.165, 1.54) is 18.3 Å². The zero-order valence-corrected chi connectivity index (χ0v) is 15.9. The van der Waals surface area contributed by atoms with Gasteiger partial charge in [0.1, 0.15) is 5.76 Å². The Labute approximate surface area is 170 Å². The van der Waals surface area contributed by atoms with Crippen molar-refractivity contribution in [1.29, 1.82) is 0 Å². The maximum absolute atomic E-state index is 12.0. The summed E-state index contributed by atoms with van der Waals surface area (Å²) in [6, 6.07) is 11.2. The van der Waals surface area contributed by atoms with Crippen molar-refractivity contribution in [2.45, 2.75) is 6.54 Å². The highest BCUT2D eigenvalue weighted by molar-refractivity contribution is 6.35. The van der Waals surface area contributed by atoms with Crippen LogP contribution in [0, 0.1) is 0 Å². The number of carbonyl (C=O) groups is 2. The van der Waals surface area contributed by atoms with Crippen molar-refractivity contribution in [1.82, 2.24) is 10.3 Å². The number of carboxylic acids is 1. The Morgan fingerprint density at radius 3 is 2.71 bits per heavy atom. The number of aromatic carboxylic acids is 1. The van der Waals surface area contributed by atoms with Gasteiger partial charge in [-0.3, -0.25) is 4.79 Å². The maximum Gasteiger partial charge on any atom is 0.337 e. The highest BCUT2D eigenvalue weighted by Gasteiger charge is 2.13. The molecule has 1 amide bonds. The molecule has 144 valence electrons. The number of carboxylic acid groups (broad SMARTS) is 1. The second-order valence-corrected chi connectivity index (χ2v) is 6.60. The highest BCUT2D eigenvalue weighted by Crippen LogP contribution is 2.30. The molecule has 0 fully saturated rings. The van der Waals surface area contributed by atoms with Crippen LogP contribution in [0.4, 0.5) is 5.69 Å². The van der Waals surface area contributed by atoms with Crippen molar-refractivity contribution in [2.24, 2.45) is 0 Å². The SMILES string of the molecule is O=C(CNCc1cnc(-c2cc(Cl)ccc2Cl)o1)Nc1ccccc1C(=O)O. The summed E-state index contributed by atoms with van der Waals surface area (Å²) in [5, 5.41) is 15.6. The topological polar surface area (TPSA) is 104 Å². The lowest BCUT2D eigenvalue weighted by Crippen LogP contribution is -2.28. The molecule has 3 aromatic rings. The summed E-state index contributed by atoms with van der Waals surface area (Å²) in [6.45, 7) is 0.209. The van der Waals surface area contributed by atoms with Crippen LogP contribution in [0.3, 0.4) is 0 Å². The third kappa shape index (κ3) is 4.89. The summed E-state index contributed by atoms with van der Waals surface area (Å²) >= 11 is 12.1. The Bertz CT molecular complexity index is 1020. The number of carbonyl (C=O) groups excluding carboxylic acids is 1. The number of nitrogens with one attached hydrogen (secondary N) is 2. The summed E-state index contributed by atoms with van der Waals surface area (Å²) in [7, 11) is 0. The van der Waals surface area contributed by atoms with Gasteiger partial charge in [-0.2, -0.15) is 0 Å². The molecule has 0 spiro atoms. The van der Waals surface area contributed by atoms with Crippen molar-refractivity contribution in [3.63, 3.8) is 0 Å². The van der Waals surface area contributed by atoms with E-state index >= 15 is 0 Å². The van der Waals surface area contributed by atoms with Crippen molar-refractivity contribution in [2.75, 3.05) is 11.9 Å². The number of anilines is 1. The molecular weight excluding hydrogens is 405 g/mol. The van der Waals surface area contributed by atoms with Crippen molar-refractivity contribution in [3.8, 4) is 11.5 Å². The minimum absolute atomic E-state index is 0.0223. The van der Waals surface area contributed by atoms with Gasteiger partial charge in [-0.1, -0.05) is 35.3 Å². The Balaban J connectivity index is 1.56. The van der Waals surface area contributed by atoms with Crippen LogP contribution in [0.2, 0.25) is 10.0 Å². The van der Waals surface area contributed by atoms with Gasteiger partial charge >= 0.3 is 5.97 Å². The van der Waals surface area contributed by atoms with Gasteiger partial charge in [0, 0.05) is 5.02 Å². The first-order chi connectivity index (χ1) is 13.4. The van der Waals surface area contributed by atoms with Crippen molar-refractivity contribution < 1.29 is 19.1 Å². The first kappa shape index (κ1) is 19.9. The number of para-hydroxylation sites is 1. The maximum atomic E-state index is 12.0. The smallest absolute Gasteiger partial charge is 0.337 e. The van der Waals surface area contributed by atoms with Gasteiger partial charge in [0.15, 0.2) is 0 Å². The molecule has 3 rings (SSSR count). The molecule has 0 saturated carbocycles. The Morgan fingerprint density at radius 1 is 1.14 bits per heavy atom. The number of rotatable bonds is 7. The van der Waals surface area contributed by atoms with Gasteiger partial charge in [0.05, 0.1) is 41.1 Å². The normalized spacial score (nSPS) is 10.6. The lowest BCUT2D eigenvalue weighted by molar-refractivity contribution is -0.115. The first-order valence-corrected chi connectivity index (χ1v) is 8.92. The summed E-state index contributed by atoms with van der Waals surface area (Å²) in [5.41, 5.74) is 0.830. The van der Waals surface area contributed by atoms with Gasteiger partial charge in [-0.25, -0.2) is 9.78 Å². The number of halogens is 2.